The highest BCUT2D eigenvalue weighted by molar-refractivity contribution is 5.46. The highest BCUT2D eigenvalue weighted by atomic mass is 16.7. The second-order valence-electron chi connectivity index (χ2n) is 3.48. The maximum Gasteiger partial charge on any atom is 0.231 e. The van der Waals surface area contributed by atoms with Crippen LogP contribution in [0.3, 0.4) is 0 Å². The van der Waals surface area contributed by atoms with Crippen LogP contribution in [0.5, 0.6) is 17.2 Å². The third kappa shape index (κ3) is 2.57. The summed E-state index contributed by atoms with van der Waals surface area (Å²) < 4.78 is 16.0. The van der Waals surface area contributed by atoms with Gasteiger partial charge < -0.3 is 14.2 Å². The summed E-state index contributed by atoms with van der Waals surface area (Å²) >= 11 is 0. The first-order valence-corrected chi connectivity index (χ1v) is 5.29. The van der Waals surface area contributed by atoms with Crippen molar-refractivity contribution >= 4 is 0 Å². The van der Waals surface area contributed by atoms with Gasteiger partial charge in [0.25, 0.3) is 0 Å². The van der Waals surface area contributed by atoms with Crippen LogP contribution in [0.1, 0.15) is 19.3 Å². The van der Waals surface area contributed by atoms with Gasteiger partial charge in [-0.25, -0.2) is 0 Å². The summed E-state index contributed by atoms with van der Waals surface area (Å²) in [5.41, 5.74) is 0. The van der Waals surface area contributed by atoms with Gasteiger partial charge in [-0.1, -0.05) is 0 Å². The smallest absolute Gasteiger partial charge is 0.231 e. The molecule has 2 rings (SSSR count). The van der Waals surface area contributed by atoms with E-state index in [9.17, 15) is 0 Å². The number of hydrogen-bond donors (Lipinski definition) is 0. The molecule has 1 aromatic carbocycles. The van der Waals surface area contributed by atoms with Crippen molar-refractivity contribution in [3.05, 3.63) is 18.2 Å². The summed E-state index contributed by atoms with van der Waals surface area (Å²) in [6.07, 6.45) is 2.35. The Kier molecular flexibility index (Phi) is 3.50. The summed E-state index contributed by atoms with van der Waals surface area (Å²) in [5.74, 6) is 2.27. The number of nitrogens with zero attached hydrogens (tertiary/aromatic N) is 1. The lowest BCUT2D eigenvalue weighted by atomic mass is 10.2. The van der Waals surface area contributed by atoms with E-state index in [1.165, 1.54) is 0 Å². The number of unbranched alkanes of at least 4 members (excludes halogenated alkanes) is 2. The highest BCUT2D eigenvalue weighted by Gasteiger charge is 2.13. The molecule has 1 aliphatic rings. The van der Waals surface area contributed by atoms with Crippen LogP contribution in [-0.2, 0) is 0 Å². The number of ether oxygens (including phenoxy) is 3. The molecule has 1 heterocycles. The highest BCUT2D eigenvalue weighted by Crippen LogP contribution is 2.35. The number of fused-ring (bicyclic) bond motifs is 1. The molecule has 0 amide bonds. The molecule has 0 saturated heterocycles. The van der Waals surface area contributed by atoms with E-state index < -0.39 is 0 Å². The lowest BCUT2D eigenvalue weighted by molar-refractivity contribution is 0.173. The normalized spacial score (nSPS) is 12.2. The monoisotopic (exact) mass is 219 g/mol. The maximum absolute atomic E-state index is 8.37. The van der Waals surface area contributed by atoms with Crippen LogP contribution in [-0.4, -0.2) is 13.4 Å². The van der Waals surface area contributed by atoms with Crippen LogP contribution in [0, 0.1) is 11.3 Å². The molecule has 1 aromatic rings. The first-order valence-electron chi connectivity index (χ1n) is 5.29. The third-order valence-corrected chi connectivity index (χ3v) is 2.30. The Morgan fingerprint density at radius 3 is 3.00 bits per heavy atom. The summed E-state index contributed by atoms with van der Waals surface area (Å²) in [7, 11) is 0. The molecular weight excluding hydrogens is 206 g/mol. The van der Waals surface area contributed by atoms with Crippen LogP contribution in [0.4, 0.5) is 0 Å². The lowest BCUT2D eigenvalue weighted by Crippen LogP contribution is -1.96. The Hall–Kier alpha value is -1.89. The van der Waals surface area contributed by atoms with Crippen LogP contribution in [0.25, 0.3) is 0 Å². The van der Waals surface area contributed by atoms with Gasteiger partial charge in [0, 0.05) is 12.5 Å². The lowest BCUT2D eigenvalue weighted by Gasteiger charge is -2.05. The molecule has 1 aliphatic heterocycles. The molecule has 0 bridgehead atoms. The van der Waals surface area contributed by atoms with E-state index in [0.717, 1.165) is 30.1 Å². The minimum absolute atomic E-state index is 0.279. The van der Waals surface area contributed by atoms with Crippen LogP contribution in [0.15, 0.2) is 18.2 Å². The van der Waals surface area contributed by atoms with Crippen molar-refractivity contribution in [1.29, 1.82) is 5.26 Å². The second kappa shape index (κ2) is 5.26. The molecule has 16 heavy (non-hydrogen) atoms. The minimum Gasteiger partial charge on any atom is -0.493 e. The van der Waals surface area contributed by atoms with Crippen molar-refractivity contribution in [1.82, 2.24) is 0 Å². The SMILES string of the molecule is N#CCCCCOc1ccc2c(c1)OCO2. The van der Waals surface area contributed by atoms with Gasteiger partial charge in [0.05, 0.1) is 12.7 Å². The third-order valence-electron chi connectivity index (χ3n) is 2.30. The molecule has 0 radical (unpaired) electrons. The van der Waals surface area contributed by atoms with E-state index in [1.807, 2.05) is 18.2 Å². The Balaban J connectivity index is 1.80. The zero-order valence-corrected chi connectivity index (χ0v) is 8.94. The Morgan fingerprint density at radius 1 is 1.25 bits per heavy atom. The van der Waals surface area contributed by atoms with Gasteiger partial charge in [-0.2, -0.15) is 5.26 Å². The van der Waals surface area contributed by atoms with Gasteiger partial charge in [0.15, 0.2) is 11.5 Å². The fraction of sp³-hybridized carbons (Fsp3) is 0.417. The Morgan fingerprint density at radius 2 is 2.12 bits per heavy atom. The van der Waals surface area contributed by atoms with Crippen molar-refractivity contribution in [2.45, 2.75) is 19.3 Å². The van der Waals surface area contributed by atoms with Crippen molar-refractivity contribution in [2.75, 3.05) is 13.4 Å². The van der Waals surface area contributed by atoms with E-state index in [-0.39, 0.29) is 6.79 Å². The number of benzene rings is 1. The Bertz CT molecular complexity index is 398. The second-order valence-corrected chi connectivity index (χ2v) is 3.48. The molecule has 0 atom stereocenters. The first-order chi connectivity index (χ1) is 7.90. The van der Waals surface area contributed by atoms with Gasteiger partial charge in [-0.05, 0) is 25.0 Å². The van der Waals surface area contributed by atoms with Gasteiger partial charge in [-0.3, -0.25) is 0 Å². The maximum atomic E-state index is 8.37. The van der Waals surface area contributed by atoms with E-state index in [1.54, 1.807) is 0 Å². The fourth-order valence-corrected chi connectivity index (χ4v) is 1.46. The van der Waals surface area contributed by atoms with Crippen LogP contribution < -0.4 is 14.2 Å². The van der Waals surface area contributed by atoms with E-state index in [2.05, 4.69) is 6.07 Å². The number of hydrogen-bond acceptors (Lipinski definition) is 4. The van der Waals surface area contributed by atoms with Crippen LogP contribution in [0.2, 0.25) is 0 Å². The van der Waals surface area contributed by atoms with E-state index in [0.29, 0.717) is 13.0 Å². The van der Waals surface area contributed by atoms with Crippen LogP contribution >= 0.6 is 0 Å². The van der Waals surface area contributed by atoms with E-state index in [4.69, 9.17) is 19.5 Å². The molecule has 84 valence electrons. The number of rotatable bonds is 5. The molecule has 0 spiro atoms. The number of nitriles is 1. The van der Waals surface area contributed by atoms with Crippen molar-refractivity contribution < 1.29 is 14.2 Å². The molecule has 0 fully saturated rings. The average molecular weight is 219 g/mol. The summed E-state index contributed by atoms with van der Waals surface area (Å²) in [6.45, 7) is 0.905. The van der Waals surface area contributed by atoms with Gasteiger partial charge in [0.1, 0.15) is 5.75 Å². The summed E-state index contributed by atoms with van der Waals surface area (Å²) in [6, 6.07) is 7.63. The molecule has 0 unspecified atom stereocenters. The molecule has 4 nitrogen and oxygen atoms in total. The zero-order chi connectivity index (χ0) is 11.2. The molecule has 0 saturated carbocycles. The van der Waals surface area contributed by atoms with Gasteiger partial charge >= 0.3 is 0 Å². The predicted molar refractivity (Wildman–Crippen MR) is 57.5 cm³/mol. The molecular formula is C12H13NO3. The molecule has 0 aromatic heterocycles. The standard InChI is InChI=1S/C12H13NO3/c13-6-2-1-3-7-14-10-4-5-11-12(8-10)16-9-15-11/h4-5,8H,1-3,7,9H2. The first kappa shape index (κ1) is 10.6. The summed E-state index contributed by atoms with van der Waals surface area (Å²) in [4.78, 5) is 0. The summed E-state index contributed by atoms with van der Waals surface area (Å²) in [5, 5.41) is 8.37. The zero-order valence-electron chi connectivity index (χ0n) is 8.94. The quantitative estimate of drug-likeness (QED) is 0.714. The van der Waals surface area contributed by atoms with Crippen molar-refractivity contribution in [2.24, 2.45) is 0 Å². The fourth-order valence-electron chi connectivity index (χ4n) is 1.46. The van der Waals surface area contributed by atoms with Gasteiger partial charge in [-0.15, -0.1) is 0 Å². The topological polar surface area (TPSA) is 51.5 Å². The predicted octanol–water partition coefficient (Wildman–Crippen LogP) is 2.49. The van der Waals surface area contributed by atoms with Gasteiger partial charge in [0.2, 0.25) is 6.79 Å². The van der Waals surface area contributed by atoms with Crippen molar-refractivity contribution in [3.8, 4) is 23.3 Å². The Labute approximate surface area is 94.3 Å². The minimum atomic E-state index is 0.279. The average Bonchev–Trinajstić information content (AvgIpc) is 2.76. The van der Waals surface area contributed by atoms with Crippen molar-refractivity contribution in [3.63, 3.8) is 0 Å². The largest absolute Gasteiger partial charge is 0.493 e. The molecule has 0 N–H and O–H groups in total. The van der Waals surface area contributed by atoms with E-state index >= 15 is 0 Å². The molecule has 4 heteroatoms. The molecule has 0 aliphatic carbocycles.